The van der Waals surface area contributed by atoms with Crippen LogP contribution in [0.15, 0.2) is 48.5 Å². The van der Waals surface area contributed by atoms with Gasteiger partial charge in [-0.05, 0) is 61.7 Å². The van der Waals surface area contributed by atoms with Crippen LogP contribution < -0.4 is 20.7 Å². The molecule has 4 amide bonds. The number of anilines is 2. The summed E-state index contributed by atoms with van der Waals surface area (Å²) < 4.78 is 18.4. The monoisotopic (exact) mass is 554 g/mol. The predicted molar refractivity (Wildman–Crippen MR) is 145 cm³/mol. The summed E-state index contributed by atoms with van der Waals surface area (Å²) in [6.07, 6.45) is 0.802. The lowest BCUT2D eigenvalue weighted by atomic mass is 10.1. The van der Waals surface area contributed by atoms with Crippen LogP contribution in [0.4, 0.5) is 25.5 Å². The minimum Gasteiger partial charge on any atom is -0.410 e. The largest absolute Gasteiger partial charge is 0.422 e. The van der Waals surface area contributed by atoms with Gasteiger partial charge in [0.25, 0.3) is 5.91 Å². The van der Waals surface area contributed by atoms with Gasteiger partial charge in [-0.1, -0.05) is 11.6 Å². The molecule has 2 aromatic carbocycles. The third-order valence-electron chi connectivity index (χ3n) is 6.90. The Morgan fingerprint density at radius 2 is 1.77 bits per heavy atom. The molecule has 39 heavy (non-hydrogen) atoms. The lowest BCUT2D eigenvalue weighted by Crippen LogP contribution is -2.56. The maximum absolute atomic E-state index is 13.2. The molecule has 0 radical (unpaired) electrons. The Morgan fingerprint density at radius 1 is 1.03 bits per heavy atom. The number of hydrogen-bond donors (Lipinski definition) is 2. The standard InChI is InChI=1S/C27H28ClFN6O4/c28-17-4-9-20-22(15-17)31-24(30)16-23(20)33-11-13-34(14-12-33)26(37)32-21-3-1-2-10-35(25(21)36)27(38)39-19-7-5-18(29)6-8-19/h4-9,15-16,21H,1-3,10-14H2,(H2,30,31)(H,32,37)/t21-/m0/s1. The van der Waals surface area contributed by atoms with Gasteiger partial charge in [0.2, 0.25) is 0 Å². The van der Waals surface area contributed by atoms with Gasteiger partial charge in [0.05, 0.1) is 5.52 Å². The van der Waals surface area contributed by atoms with Crippen molar-refractivity contribution in [1.82, 2.24) is 20.1 Å². The summed E-state index contributed by atoms with van der Waals surface area (Å²) in [5.74, 6) is -0.477. The summed E-state index contributed by atoms with van der Waals surface area (Å²) in [5, 5.41) is 4.30. The molecule has 0 unspecified atom stereocenters. The number of hydrogen-bond acceptors (Lipinski definition) is 7. The smallest absolute Gasteiger partial charge is 0.410 e. The van der Waals surface area contributed by atoms with Crippen LogP contribution in [0.25, 0.3) is 10.9 Å². The molecular weight excluding hydrogens is 527 g/mol. The number of fused-ring (bicyclic) bond motifs is 1. The number of likely N-dealkylation sites (tertiary alicyclic amines) is 1. The summed E-state index contributed by atoms with van der Waals surface area (Å²) in [7, 11) is 0. The van der Waals surface area contributed by atoms with Gasteiger partial charge in [-0.2, -0.15) is 0 Å². The second-order valence-corrected chi connectivity index (χ2v) is 9.95. The van der Waals surface area contributed by atoms with E-state index in [1.807, 2.05) is 12.1 Å². The third-order valence-corrected chi connectivity index (χ3v) is 7.14. The lowest BCUT2D eigenvalue weighted by molar-refractivity contribution is -0.130. The van der Waals surface area contributed by atoms with E-state index in [2.05, 4.69) is 15.2 Å². The minimum atomic E-state index is -0.855. The van der Waals surface area contributed by atoms with Crippen molar-refractivity contribution in [3.63, 3.8) is 0 Å². The Labute approximate surface area is 229 Å². The zero-order chi connectivity index (χ0) is 27.5. The first-order valence-electron chi connectivity index (χ1n) is 12.7. The first-order valence-corrected chi connectivity index (χ1v) is 13.1. The van der Waals surface area contributed by atoms with Crippen LogP contribution in [0, 0.1) is 5.82 Å². The topological polar surface area (TPSA) is 121 Å². The van der Waals surface area contributed by atoms with E-state index < -0.39 is 23.9 Å². The van der Waals surface area contributed by atoms with Gasteiger partial charge >= 0.3 is 12.1 Å². The highest BCUT2D eigenvalue weighted by molar-refractivity contribution is 6.31. The van der Waals surface area contributed by atoms with Gasteiger partial charge in [-0.15, -0.1) is 0 Å². The van der Waals surface area contributed by atoms with Crippen LogP contribution in [-0.4, -0.2) is 71.6 Å². The average molecular weight is 555 g/mol. The van der Waals surface area contributed by atoms with Crippen molar-refractivity contribution in [2.45, 2.75) is 25.3 Å². The van der Waals surface area contributed by atoms with Crippen molar-refractivity contribution in [3.8, 4) is 5.75 Å². The van der Waals surface area contributed by atoms with Gasteiger partial charge in [0.1, 0.15) is 23.4 Å². The van der Waals surface area contributed by atoms with Gasteiger partial charge < -0.3 is 25.6 Å². The first kappa shape index (κ1) is 26.5. The fourth-order valence-corrected chi connectivity index (χ4v) is 5.04. The molecule has 1 atom stereocenters. The van der Waals surface area contributed by atoms with Crippen LogP contribution in [0.5, 0.6) is 5.75 Å². The molecule has 0 saturated carbocycles. The molecule has 2 saturated heterocycles. The normalized spacial score (nSPS) is 18.2. The number of nitrogen functional groups attached to an aromatic ring is 1. The number of nitrogens with one attached hydrogen (secondary N) is 1. The molecule has 3 aromatic rings. The molecule has 3 heterocycles. The van der Waals surface area contributed by atoms with E-state index in [4.69, 9.17) is 22.1 Å². The maximum Gasteiger partial charge on any atom is 0.422 e. The molecule has 2 fully saturated rings. The van der Waals surface area contributed by atoms with Crippen LogP contribution in [-0.2, 0) is 4.79 Å². The molecule has 12 heteroatoms. The number of imide groups is 1. The SMILES string of the molecule is Nc1cc(N2CCN(C(=O)N[C@H]3CCCCN(C(=O)Oc4ccc(F)cc4)C3=O)CC2)c2ccc(Cl)cc2n1. The molecule has 2 aliphatic rings. The highest BCUT2D eigenvalue weighted by Gasteiger charge is 2.34. The highest BCUT2D eigenvalue weighted by atomic mass is 35.5. The van der Waals surface area contributed by atoms with Crippen LogP contribution in [0.1, 0.15) is 19.3 Å². The number of nitrogens with two attached hydrogens (primary N) is 1. The van der Waals surface area contributed by atoms with Crippen molar-refractivity contribution < 1.29 is 23.5 Å². The van der Waals surface area contributed by atoms with Gasteiger partial charge in [0.15, 0.2) is 0 Å². The number of pyridine rings is 1. The summed E-state index contributed by atoms with van der Waals surface area (Å²) >= 11 is 6.12. The molecule has 3 N–H and O–H groups in total. The fraction of sp³-hybridized carbons (Fsp3) is 0.333. The third kappa shape index (κ3) is 5.98. The Hall–Kier alpha value is -4.12. The Balaban J connectivity index is 1.20. The van der Waals surface area contributed by atoms with E-state index in [1.165, 1.54) is 12.1 Å². The number of carbonyl (C=O) groups excluding carboxylic acids is 3. The van der Waals surface area contributed by atoms with E-state index >= 15 is 0 Å². The van der Waals surface area contributed by atoms with Gasteiger partial charge in [-0.3, -0.25) is 4.79 Å². The van der Waals surface area contributed by atoms with Crippen molar-refractivity contribution in [2.24, 2.45) is 0 Å². The zero-order valence-electron chi connectivity index (χ0n) is 21.1. The molecule has 204 valence electrons. The van der Waals surface area contributed by atoms with Crippen LogP contribution >= 0.6 is 11.6 Å². The quantitative estimate of drug-likeness (QED) is 0.501. The van der Waals surface area contributed by atoms with Crippen molar-refractivity contribution in [1.29, 1.82) is 0 Å². The molecule has 2 aliphatic heterocycles. The molecule has 0 bridgehead atoms. The number of piperazine rings is 1. The Bertz CT molecular complexity index is 1390. The lowest BCUT2D eigenvalue weighted by Gasteiger charge is -2.37. The first-order chi connectivity index (χ1) is 18.8. The molecule has 0 aliphatic carbocycles. The van der Waals surface area contributed by atoms with Gasteiger partial charge in [0, 0.05) is 54.9 Å². The number of urea groups is 1. The predicted octanol–water partition coefficient (Wildman–Crippen LogP) is 4.02. The number of amides is 4. The van der Waals surface area contributed by atoms with Crippen molar-refractivity contribution >= 4 is 52.0 Å². The summed E-state index contributed by atoms with van der Waals surface area (Å²) in [5.41, 5.74) is 7.65. The molecule has 10 nitrogen and oxygen atoms in total. The van der Waals surface area contributed by atoms with Gasteiger partial charge in [-0.25, -0.2) is 23.9 Å². The van der Waals surface area contributed by atoms with E-state index in [9.17, 15) is 18.8 Å². The van der Waals surface area contributed by atoms with Crippen LogP contribution in [0.3, 0.4) is 0 Å². The fourth-order valence-electron chi connectivity index (χ4n) is 4.87. The van der Waals surface area contributed by atoms with Crippen molar-refractivity contribution in [3.05, 3.63) is 59.4 Å². The molecule has 5 rings (SSSR count). The maximum atomic E-state index is 13.2. The van der Waals surface area contributed by atoms with E-state index in [1.54, 1.807) is 17.0 Å². The number of aromatic nitrogens is 1. The van der Waals surface area contributed by atoms with E-state index in [-0.39, 0.29) is 18.3 Å². The number of benzene rings is 2. The number of nitrogens with zero attached hydrogens (tertiary/aromatic N) is 4. The van der Waals surface area contributed by atoms with E-state index in [0.717, 1.165) is 28.1 Å². The zero-order valence-corrected chi connectivity index (χ0v) is 21.9. The minimum absolute atomic E-state index is 0.128. The van der Waals surface area contributed by atoms with Crippen LogP contribution in [0.2, 0.25) is 5.02 Å². The molecule has 1 aromatic heterocycles. The molecule has 0 spiro atoms. The summed E-state index contributed by atoms with van der Waals surface area (Å²) in [4.78, 5) is 48.1. The molecular formula is C27H28ClFN6O4. The number of ether oxygens (including phenoxy) is 1. The Morgan fingerprint density at radius 3 is 2.51 bits per heavy atom. The van der Waals surface area contributed by atoms with E-state index in [0.29, 0.717) is 61.8 Å². The number of rotatable bonds is 3. The summed E-state index contributed by atoms with van der Waals surface area (Å²) in [6, 6.07) is 11.0. The number of carbonyl (C=O) groups is 3. The highest BCUT2D eigenvalue weighted by Crippen LogP contribution is 2.30. The average Bonchev–Trinajstić information content (AvgIpc) is 3.10. The second-order valence-electron chi connectivity index (χ2n) is 9.51. The second kappa shape index (κ2) is 11.3. The summed E-state index contributed by atoms with van der Waals surface area (Å²) in [6.45, 7) is 2.16. The Kier molecular flexibility index (Phi) is 7.69. The van der Waals surface area contributed by atoms with Crippen molar-refractivity contribution in [2.75, 3.05) is 43.4 Å². The number of halogens is 2.